The summed E-state index contributed by atoms with van der Waals surface area (Å²) in [4.78, 5) is 2.08. The van der Waals surface area contributed by atoms with E-state index in [0.29, 0.717) is 17.2 Å². The Labute approximate surface area is 101 Å². The van der Waals surface area contributed by atoms with Gasteiger partial charge in [0.05, 0.1) is 5.69 Å². The SMILES string of the molecule is CC1CCCN(c2ccc(C(=N)N)cc2F)C1. The zero-order chi connectivity index (χ0) is 12.4. The predicted octanol–water partition coefficient (Wildman–Crippen LogP) is 2.35. The standard InChI is InChI=1S/C13H18FN3/c1-9-3-2-6-17(8-9)12-5-4-10(13(15)16)7-11(12)14/h4-5,7,9H,2-3,6,8H2,1H3,(H3,15,16). The minimum atomic E-state index is -0.285. The summed E-state index contributed by atoms with van der Waals surface area (Å²) < 4.78 is 13.9. The topological polar surface area (TPSA) is 53.1 Å². The van der Waals surface area contributed by atoms with Gasteiger partial charge in [0.25, 0.3) is 0 Å². The molecule has 1 aliphatic rings. The van der Waals surface area contributed by atoms with Crippen LogP contribution in [-0.4, -0.2) is 18.9 Å². The van der Waals surface area contributed by atoms with Crippen LogP contribution in [0, 0.1) is 17.1 Å². The summed E-state index contributed by atoms with van der Waals surface area (Å²) in [5.74, 6) is 0.227. The number of rotatable bonds is 2. The van der Waals surface area contributed by atoms with Crippen molar-refractivity contribution in [2.75, 3.05) is 18.0 Å². The first kappa shape index (κ1) is 11.9. The molecule has 1 atom stereocenters. The lowest BCUT2D eigenvalue weighted by molar-refractivity contribution is 0.442. The van der Waals surface area contributed by atoms with Crippen LogP contribution in [0.2, 0.25) is 0 Å². The molecule has 0 aromatic heterocycles. The number of halogens is 1. The number of benzene rings is 1. The van der Waals surface area contributed by atoms with Crippen molar-refractivity contribution in [3.8, 4) is 0 Å². The molecular formula is C13H18FN3. The first-order valence-electron chi connectivity index (χ1n) is 5.97. The molecule has 0 amide bonds. The molecule has 1 fully saturated rings. The van der Waals surface area contributed by atoms with Gasteiger partial charge >= 0.3 is 0 Å². The summed E-state index contributed by atoms with van der Waals surface area (Å²) in [5, 5.41) is 7.28. The van der Waals surface area contributed by atoms with E-state index in [-0.39, 0.29) is 11.7 Å². The number of hydrogen-bond donors (Lipinski definition) is 2. The average Bonchev–Trinajstić information content (AvgIpc) is 2.28. The van der Waals surface area contributed by atoms with Crippen LogP contribution < -0.4 is 10.6 Å². The quantitative estimate of drug-likeness (QED) is 0.610. The summed E-state index contributed by atoms with van der Waals surface area (Å²) in [6.45, 7) is 3.99. The Morgan fingerprint density at radius 1 is 1.53 bits per heavy atom. The normalized spacial score (nSPS) is 20.4. The molecule has 2 rings (SSSR count). The highest BCUT2D eigenvalue weighted by Crippen LogP contribution is 2.26. The minimum absolute atomic E-state index is 0.0949. The summed E-state index contributed by atoms with van der Waals surface area (Å²) in [5.41, 5.74) is 6.40. The van der Waals surface area contributed by atoms with Gasteiger partial charge in [0.2, 0.25) is 0 Å². The van der Waals surface area contributed by atoms with E-state index in [0.717, 1.165) is 19.5 Å². The van der Waals surface area contributed by atoms with E-state index in [4.69, 9.17) is 11.1 Å². The third kappa shape index (κ3) is 2.57. The second-order valence-corrected chi connectivity index (χ2v) is 4.77. The smallest absolute Gasteiger partial charge is 0.147 e. The highest BCUT2D eigenvalue weighted by atomic mass is 19.1. The minimum Gasteiger partial charge on any atom is -0.384 e. The number of piperidine rings is 1. The zero-order valence-corrected chi connectivity index (χ0v) is 10.0. The lowest BCUT2D eigenvalue weighted by Crippen LogP contribution is -2.34. The average molecular weight is 235 g/mol. The van der Waals surface area contributed by atoms with E-state index in [1.54, 1.807) is 12.1 Å². The van der Waals surface area contributed by atoms with Crippen molar-refractivity contribution in [3.05, 3.63) is 29.6 Å². The van der Waals surface area contributed by atoms with Crippen molar-refractivity contribution in [2.24, 2.45) is 11.7 Å². The number of nitrogens with two attached hydrogens (primary N) is 1. The van der Waals surface area contributed by atoms with Crippen molar-refractivity contribution in [1.82, 2.24) is 0 Å². The lowest BCUT2D eigenvalue weighted by atomic mass is 9.99. The van der Waals surface area contributed by atoms with E-state index in [1.165, 1.54) is 12.5 Å². The van der Waals surface area contributed by atoms with E-state index in [9.17, 15) is 4.39 Å². The molecule has 1 aromatic rings. The Kier molecular flexibility index (Phi) is 3.31. The molecule has 3 N–H and O–H groups in total. The third-order valence-electron chi connectivity index (χ3n) is 3.26. The number of nitrogen functional groups attached to an aromatic ring is 1. The summed E-state index contributed by atoms with van der Waals surface area (Å²) >= 11 is 0. The van der Waals surface area contributed by atoms with Gasteiger partial charge in [-0.25, -0.2) is 4.39 Å². The molecule has 0 aliphatic carbocycles. The number of nitrogens with zero attached hydrogens (tertiary/aromatic N) is 1. The molecule has 4 heteroatoms. The lowest BCUT2D eigenvalue weighted by Gasteiger charge is -2.33. The Morgan fingerprint density at radius 2 is 2.29 bits per heavy atom. The molecule has 3 nitrogen and oxygen atoms in total. The van der Waals surface area contributed by atoms with E-state index in [2.05, 4.69) is 11.8 Å². The van der Waals surface area contributed by atoms with Crippen LogP contribution in [0.1, 0.15) is 25.3 Å². The summed E-state index contributed by atoms with van der Waals surface area (Å²) in [6, 6.07) is 4.78. The van der Waals surface area contributed by atoms with E-state index < -0.39 is 0 Å². The maximum atomic E-state index is 13.9. The van der Waals surface area contributed by atoms with Gasteiger partial charge in [-0.15, -0.1) is 0 Å². The van der Waals surface area contributed by atoms with Crippen LogP contribution in [0.4, 0.5) is 10.1 Å². The maximum absolute atomic E-state index is 13.9. The molecule has 1 heterocycles. The van der Waals surface area contributed by atoms with Crippen molar-refractivity contribution in [1.29, 1.82) is 5.41 Å². The molecule has 0 saturated carbocycles. The maximum Gasteiger partial charge on any atom is 0.147 e. The second-order valence-electron chi connectivity index (χ2n) is 4.77. The van der Waals surface area contributed by atoms with Crippen molar-refractivity contribution < 1.29 is 4.39 Å². The molecule has 92 valence electrons. The molecule has 17 heavy (non-hydrogen) atoms. The van der Waals surface area contributed by atoms with Crippen molar-refractivity contribution in [3.63, 3.8) is 0 Å². The Balaban J connectivity index is 2.23. The van der Waals surface area contributed by atoms with Gasteiger partial charge in [0.15, 0.2) is 0 Å². The van der Waals surface area contributed by atoms with Crippen molar-refractivity contribution >= 4 is 11.5 Å². The Bertz CT molecular complexity index is 431. The molecule has 0 spiro atoms. The van der Waals surface area contributed by atoms with Gasteiger partial charge in [0, 0.05) is 18.7 Å². The van der Waals surface area contributed by atoms with Crippen LogP contribution in [0.5, 0.6) is 0 Å². The molecule has 1 saturated heterocycles. The van der Waals surface area contributed by atoms with Crippen LogP contribution in [0.25, 0.3) is 0 Å². The Hall–Kier alpha value is -1.58. The largest absolute Gasteiger partial charge is 0.384 e. The van der Waals surface area contributed by atoms with Gasteiger partial charge in [-0.05, 0) is 37.0 Å². The van der Waals surface area contributed by atoms with Gasteiger partial charge in [-0.1, -0.05) is 6.92 Å². The summed E-state index contributed by atoms with van der Waals surface area (Å²) in [7, 11) is 0. The van der Waals surface area contributed by atoms with Crippen molar-refractivity contribution in [2.45, 2.75) is 19.8 Å². The van der Waals surface area contributed by atoms with Gasteiger partial charge < -0.3 is 10.6 Å². The highest BCUT2D eigenvalue weighted by Gasteiger charge is 2.19. The predicted molar refractivity (Wildman–Crippen MR) is 68.0 cm³/mol. The van der Waals surface area contributed by atoms with Gasteiger partial charge in [-0.2, -0.15) is 0 Å². The second kappa shape index (κ2) is 4.73. The van der Waals surface area contributed by atoms with Gasteiger partial charge in [0.1, 0.15) is 11.7 Å². The first-order valence-corrected chi connectivity index (χ1v) is 5.97. The van der Waals surface area contributed by atoms with E-state index in [1.807, 2.05) is 0 Å². The molecular weight excluding hydrogens is 217 g/mol. The Morgan fingerprint density at radius 3 is 2.88 bits per heavy atom. The fourth-order valence-corrected chi connectivity index (χ4v) is 2.34. The molecule has 1 unspecified atom stereocenters. The molecule has 0 bridgehead atoms. The first-order chi connectivity index (χ1) is 8.08. The number of hydrogen-bond acceptors (Lipinski definition) is 2. The zero-order valence-electron chi connectivity index (χ0n) is 10.0. The third-order valence-corrected chi connectivity index (χ3v) is 3.26. The summed E-state index contributed by atoms with van der Waals surface area (Å²) in [6.07, 6.45) is 2.32. The van der Waals surface area contributed by atoms with E-state index >= 15 is 0 Å². The fourth-order valence-electron chi connectivity index (χ4n) is 2.34. The monoisotopic (exact) mass is 235 g/mol. The number of amidine groups is 1. The van der Waals surface area contributed by atoms with Crippen LogP contribution in [0.3, 0.4) is 0 Å². The van der Waals surface area contributed by atoms with Crippen LogP contribution >= 0.6 is 0 Å². The van der Waals surface area contributed by atoms with Gasteiger partial charge in [-0.3, -0.25) is 5.41 Å². The highest BCUT2D eigenvalue weighted by molar-refractivity contribution is 5.95. The number of nitrogens with one attached hydrogen (secondary N) is 1. The number of anilines is 1. The fraction of sp³-hybridized carbons (Fsp3) is 0.462. The van der Waals surface area contributed by atoms with Crippen LogP contribution in [-0.2, 0) is 0 Å². The molecule has 1 aromatic carbocycles. The van der Waals surface area contributed by atoms with Crippen LogP contribution in [0.15, 0.2) is 18.2 Å². The molecule has 0 radical (unpaired) electrons. The molecule has 1 aliphatic heterocycles.